The summed E-state index contributed by atoms with van der Waals surface area (Å²) in [6.07, 6.45) is 5.23. The van der Waals surface area contributed by atoms with Crippen LogP contribution in [0, 0.1) is 11.3 Å². The Kier molecular flexibility index (Phi) is 11.5. The van der Waals surface area contributed by atoms with Crippen LogP contribution in [0.4, 0.5) is 0 Å². The van der Waals surface area contributed by atoms with E-state index in [1.807, 2.05) is 6.26 Å². The molecule has 2 saturated heterocycles. The molecule has 0 bridgehead atoms. The summed E-state index contributed by atoms with van der Waals surface area (Å²) in [5.41, 5.74) is 11.3. The quantitative estimate of drug-likeness (QED) is 0.133. The molecule has 2 heterocycles. The third-order valence-electron chi connectivity index (χ3n) is 6.10. The Hall–Kier alpha value is -1.99. The van der Waals surface area contributed by atoms with E-state index in [-0.39, 0.29) is 28.6 Å². The number of thioether (sulfide) groups is 2. The molecule has 0 aromatic heterocycles. The van der Waals surface area contributed by atoms with Gasteiger partial charge in [0.15, 0.2) is 5.96 Å². The number of likely N-dealkylation sites (tertiary alicyclic amines) is 2. The Balaban J connectivity index is 1.91. The van der Waals surface area contributed by atoms with Crippen LogP contribution in [-0.2, 0) is 19.2 Å². The maximum absolute atomic E-state index is 13.0. The molecule has 34 heavy (non-hydrogen) atoms. The van der Waals surface area contributed by atoms with Crippen molar-refractivity contribution in [3.63, 3.8) is 0 Å². The van der Waals surface area contributed by atoms with E-state index in [9.17, 15) is 24.3 Å². The second-order valence-electron chi connectivity index (χ2n) is 8.59. The zero-order chi connectivity index (χ0) is 25.3. The van der Waals surface area contributed by atoms with Crippen LogP contribution >= 0.6 is 23.5 Å². The Bertz CT molecular complexity index is 770. The van der Waals surface area contributed by atoms with Crippen molar-refractivity contribution in [1.29, 1.82) is 5.41 Å². The number of carbonyl (C=O) groups is 4. The number of aliphatic carboxylic acids is 1. The van der Waals surface area contributed by atoms with E-state index >= 15 is 0 Å². The molecule has 2 rings (SSSR count). The van der Waals surface area contributed by atoms with Gasteiger partial charge in [-0.2, -0.15) is 11.8 Å². The van der Waals surface area contributed by atoms with E-state index in [2.05, 4.69) is 5.32 Å². The smallest absolute Gasteiger partial charge is 0.326 e. The standard InChI is InChI=1S/C21H36N6O5S2/c1-33-11-13(17(28)26-9-3-6-15(26)19(30)31)12-34-20(32)16-7-4-10-27(16)18(29)14(22)5-2-8-25-21(23)24/h13-16H,2-12,22H2,1H3,(H,30,31)(H4,23,24,25)/t13?,14-,15-,16-/m0/s1. The molecule has 7 N–H and O–H groups in total. The van der Waals surface area contributed by atoms with Crippen LogP contribution in [-0.4, -0.2) is 99.3 Å². The van der Waals surface area contributed by atoms with Crippen molar-refractivity contribution < 1.29 is 24.3 Å². The van der Waals surface area contributed by atoms with Crippen LogP contribution in [0.1, 0.15) is 38.5 Å². The van der Waals surface area contributed by atoms with Crippen LogP contribution in [0.15, 0.2) is 0 Å². The second kappa shape index (κ2) is 13.8. The monoisotopic (exact) mass is 516 g/mol. The van der Waals surface area contributed by atoms with Crippen molar-refractivity contribution in [2.24, 2.45) is 17.4 Å². The number of amides is 2. The number of guanidine groups is 1. The number of carboxylic acid groups (broad SMARTS) is 1. The largest absolute Gasteiger partial charge is 0.480 e. The van der Waals surface area contributed by atoms with Gasteiger partial charge in [-0.05, 0) is 44.8 Å². The normalized spacial score (nSPS) is 21.8. The first-order chi connectivity index (χ1) is 16.2. The van der Waals surface area contributed by atoms with E-state index in [1.165, 1.54) is 16.7 Å². The van der Waals surface area contributed by atoms with E-state index in [0.29, 0.717) is 63.9 Å². The highest BCUT2D eigenvalue weighted by Gasteiger charge is 2.39. The predicted octanol–water partition coefficient (Wildman–Crippen LogP) is -0.117. The molecule has 0 aliphatic carbocycles. The molecule has 11 nitrogen and oxygen atoms in total. The first-order valence-corrected chi connectivity index (χ1v) is 13.9. The van der Waals surface area contributed by atoms with E-state index < -0.39 is 30.0 Å². The Morgan fingerprint density at radius 2 is 1.71 bits per heavy atom. The molecule has 0 aromatic carbocycles. The lowest BCUT2D eigenvalue weighted by Crippen LogP contribution is -2.48. The van der Waals surface area contributed by atoms with Crippen LogP contribution in [0.3, 0.4) is 0 Å². The molecule has 0 aromatic rings. The molecular weight excluding hydrogens is 480 g/mol. The van der Waals surface area contributed by atoms with Gasteiger partial charge >= 0.3 is 5.97 Å². The van der Waals surface area contributed by atoms with Crippen molar-refractivity contribution in [3.05, 3.63) is 0 Å². The first kappa shape index (κ1) is 28.2. The van der Waals surface area contributed by atoms with Crippen molar-refractivity contribution in [2.75, 3.05) is 37.4 Å². The lowest BCUT2D eigenvalue weighted by Gasteiger charge is -2.28. The van der Waals surface area contributed by atoms with Crippen molar-refractivity contribution in [2.45, 2.75) is 56.7 Å². The maximum atomic E-state index is 13.0. The third kappa shape index (κ3) is 7.77. The Morgan fingerprint density at radius 1 is 1.09 bits per heavy atom. The third-order valence-corrected chi connectivity index (χ3v) is 7.96. The summed E-state index contributed by atoms with van der Waals surface area (Å²) in [7, 11) is 0. The van der Waals surface area contributed by atoms with E-state index in [4.69, 9.17) is 16.9 Å². The van der Waals surface area contributed by atoms with Crippen LogP contribution in [0.2, 0.25) is 0 Å². The molecule has 4 atom stereocenters. The van der Waals surface area contributed by atoms with E-state index in [0.717, 1.165) is 11.8 Å². The van der Waals surface area contributed by atoms with Gasteiger partial charge in [0.2, 0.25) is 16.9 Å². The van der Waals surface area contributed by atoms with Gasteiger partial charge in [0.05, 0.1) is 12.0 Å². The zero-order valence-electron chi connectivity index (χ0n) is 19.5. The van der Waals surface area contributed by atoms with Gasteiger partial charge in [-0.15, -0.1) is 0 Å². The van der Waals surface area contributed by atoms with E-state index in [1.54, 1.807) is 4.90 Å². The molecule has 0 spiro atoms. The van der Waals surface area contributed by atoms with Crippen molar-refractivity contribution in [1.82, 2.24) is 15.1 Å². The summed E-state index contributed by atoms with van der Waals surface area (Å²) in [4.78, 5) is 53.3. The van der Waals surface area contributed by atoms with Gasteiger partial charge in [0, 0.05) is 31.1 Å². The van der Waals surface area contributed by atoms with Gasteiger partial charge < -0.3 is 31.7 Å². The molecule has 2 aliphatic heterocycles. The van der Waals surface area contributed by atoms with Crippen molar-refractivity contribution >= 4 is 52.4 Å². The fourth-order valence-corrected chi connectivity index (χ4v) is 6.22. The number of carboxylic acids is 1. The molecule has 0 radical (unpaired) electrons. The fraction of sp³-hybridized carbons (Fsp3) is 0.762. The van der Waals surface area contributed by atoms with Gasteiger partial charge in [0.25, 0.3) is 0 Å². The minimum absolute atomic E-state index is 0.136. The number of nitrogens with zero attached hydrogens (tertiary/aromatic N) is 2. The SMILES string of the molecule is CSCC(CSC(=O)[C@@H]1CCCN1C(=O)[C@@H](N)CCCNC(=N)N)C(=O)N1CCC[C@H]1C(=O)O. The Labute approximate surface area is 208 Å². The summed E-state index contributed by atoms with van der Waals surface area (Å²) >= 11 is 2.53. The van der Waals surface area contributed by atoms with Crippen molar-refractivity contribution in [3.8, 4) is 0 Å². The highest BCUT2D eigenvalue weighted by atomic mass is 32.2. The van der Waals surface area contributed by atoms with Gasteiger partial charge in [-0.25, -0.2) is 4.79 Å². The van der Waals surface area contributed by atoms with Crippen LogP contribution in [0.25, 0.3) is 0 Å². The predicted molar refractivity (Wildman–Crippen MR) is 134 cm³/mol. The lowest BCUT2D eigenvalue weighted by molar-refractivity contribution is -0.149. The summed E-state index contributed by atoms with van der Waals surface area (Å²) in [6, 6.07) is -2.10. The molecule has 13 heteroatoms. The number of nitrogens with two attached hydrogens (primary N) is 2. The van der Waals surface area contributed by atoms with Crippen LogP contribution in [0.5, 0.6) is 0 Å². The summed E-state index contributed by atoms with van der Waals surface area (Å²) in [5.74, 6) is -1.34. The average molecular weight is 517 g/mol. The molecule has 192 valence electrons. The minimum Gasteiger partial charge on any atom is -0.480 e. The number of nitrogens with one attached hydrogen (secondary N) is 2. The summed E-state index contributed by atoms with van der Waals surface area (Å²) in [5, 5.41) is 19.1. The van der Waals surface area contributed by atoms with Gasteiger partial charge in [0.1, 0.15) is 12.1 Å². The number of rotatable bonds is 12. The zero-order valence-corrected chi connectivity index (χ0v) is 21.2. The number of hydrogen-bond acceptors (Lipinski definition) is 8. The van der Waals surface area contributed by atoms with Crippen LogP contribution < -0.4 is 16.8 Å². The lowest BCUT2D eigenvalue weighted by atomic mass is 10.1. The molecule has 2 fully saturated rings. The first-order valence-electron chi connectivity index (χ1n) is 11.5. The Morgan fingerprint density at radius 3 is 2.29 bits per heavy atom. The average Bonchev–Trinajstić information content (AvgIpc) is 3.48. The summed E-state index contributed by atoms with van der Waals surface area (Å²) in [6.45, 7) is 1.33. The maximum Gasteiger partial charge on any atom is 0.326 e. The highest BCUT2D eigenvalue weighted by Crippen LogP contribution is 2.27. The molecule has 0 saturated carbocycles. The molecule has 2 aliphatic rings. The molecule has 1 unspecified atom stereocenters. The summed E-state index contributed by atoms with van der Waals surface area (Å²) < 4.78 is 0. The molecular formula is C21H36N6O5S2. The minimum atomic E-state index is -0.994. The van der Waals surface area contributed by atoms with Gasteiger partial charge in [-0.1, -0.05) is 11.8 Å². The number of carbonyl (C=O) groups excluding carboxylic acids is 3. The second-order valence-corrected chi connectivity index (χ2v) is 10.5. The highest BCUT2D eigenvalue weighted by molar-refractivity contribution is 8.13. The fourth-order valence-electron chi connectivity index (χ4n) is 4.35. The number of hydrogen-bond donors (Lipinski definition) is 5. The topological polar surface area (TPSA) is 183 Å². The van der Waals surface area contributed by atoms with Gasteiger partial charge in [-0.3, -0.25) is 19.8 Å². The molecule has 2 amide bonds.